The fraction of sp³-hybridized carbons (Fsp3) is 0.471. The number of nitrogens with zero attached hydrogens (tertiary/aromatic N) is 2. The molecule has 4 rings (SSSR count). The van der Waals surface area contributed by atoms with E-state index in [-0.39, 0.29) is 0 Å². The van der Waals surface area contributed by atoms with Crippen molar-refractivity contribution in [2.75, 3.05) is 52.4 Å². The number of hydrogen-bond acceptors (Lipinski definition) is 6. The molecule has 0 fully saturated rings. The van der Waals surface area contributed by atoms with Crippen LogP contribution < -0.4 is 19.1 Å². The summed E-state index contributed by atoms with van der Waals surface area (Å²) in [4.78, 5) is 4.74. The van der Waals surface area contributed by atoms with Crippen LogP contribution in [0.25, 0.3) is 0 Å². The number of unbranched alkanes of at least 4 members (excludes halogenated alkanes) is 1. The third-order valence-corrected chi connectivity index (χ3v) is 8.05. The lowest BCUT2D eigenvalue weighted by Crippen LogP contribution is -2.25. The Morgan fingerprint density at radius 1 is 0.900 bits per heavy atom. The van der Waals surface area contributed by atoms with Gasteiger partial charge in [-0.3, -0.25) is 0 Å². The molecule has 3 aromatic carbocycles. The van der Waals surface area contributed by atoms with Gasteiger partial charge in [-0.1, -0.05) is 31.5 Å². The van der Waals surface area contributed by atoms with Gasteiger partial charge in [0.15, 0.2) is 11.5 Å². The van der Waals surface area contributed by atoms with Gasteiger partial charge in [0, 0.05) is 31.4 Å². The minimum atomic E-state index is 0.344. The van der Waals surface area contributed by atoms with Crippen LogP contribution >= 0.6 is 0 Å². The van der Waals surface area contributed by atoms with Crippen LogP contribution in [-0.2, 0) is 19.4 Å². The number of phenols is 1. The van der Waals surface area contributed by atoms with Gasteiger partial charge >= 0.3 is 0 Å². The van der Waals surface area contributed by atoms with Crippen LogP contribution in [-0.4, -0.2) is 57.5 Å². The third-order valence-electron chi connectivity index (χ3n) is 8.05. The molecule has 0 aromatic heterocycles. The summed E-state index contributed by atoms with van der Waals surface area (Å²) in [5.41, 5.74) is 6.26. The Balaban J connectivity index is 1.51. The molecule has 6 nitrogen and oxygen atoms in total. The Kier molecular flexibility index (Phi) is 10.6. The number of fused-ring (bicyclic) bond motifs is 1. The fourth-order valence-electron chi connectivity index (χ4n) is 5.63. The number of benzene rings is 3. The number of methoxy groups -OCH3 is 2. The maximum absolute atomic E-state index is 9.95. The molecule has 0 radical (unpaired) electrons. The van der Waals surface area contributed by atoms with Crippen molar-refractivity contribution in [2.24, 2.45) is 0 Å². The Morgan fingerprint density at radius 3 is 2.35 bits per heavy atom. The normalized spacial score (nSPS) is 14.6. The highest BCUT2D eigenvalue weighted by Crippen LogP contribution is 2.43. The van der Waals surface area contributed by atoms with Crippen LogP contribution in [0.4, 0.5) is 5.69 Å². The first kappa shape index (κ1) is 29.6. The van der Waals surface area contributed by atoms with Gasteiger partial charge in [0.2, 0.25) is 0 Å². The summed E-state index contributed by atoms with van der Waals surface area (Å²) in [6.45, 7) is 8.81. The van der Waals surface area contributed by atoms with Crippen LogP contribution in [0, 0.1) is 0 Å². The zero-order valence-electron chi connectivity index (χ0n) is 24.9. The quantitative estimate of drug-likeness (QED) is 0.240. The van der Waals surface area contributed by atoms with E-state index in [9.17, 15) is 5.11 Å². The summed E-state index contributed by atoms with van der Waals surface area (Å²) in [6, 6.07) is 18.6. The summed E-state index contributed by atoms with van der Waals surface area (Å²) >= 11 is 0. The van der Waals surface area contributed by atoms with E-state index in [4.69, 9.17) is 14.2 Å². The van der Waals surface area contributed by atoms with Crippen molar-refractivity contribution in [2.45, 2.75) is 58.4 Å². The molecule has 0 amide bonds. The highest BCUT2D eigenvalue weighted by molar-refractivity contribution is 5.64. The minimum Gasteiger partial charge on any atom is -0.508 e. The summed E-state index contributed by atoms with van der Waals surface area (Å²) in [7, 11) is 5.55. The molecule has 1 unspecified atom stereocenters. The zero-order chi connectivity index (χ0) is 28.5. The van der Waals surface area contributed by atoms with Gasteiger partial charge in [0.25, 0.3) is 0 Å². The van der Waals surface area contributed by atoms with Crippen LogP contribution in [0.3, 0.4) is 0 Å². The number of hydrogen-bond donors (Lipinski definition) is 1. The lowest BCUT2D eigenvalue weighted by molar-refractivity contribution is 0.235. The Hall–Kier alpha value is -3.38. The van der Waals surface area contributed by atoms with Crippen molar-refractivity contribution < 1.29 is 19.3 Å². The monoisotopic (exact) mass is 546 g/mol. The highest BCUT2D eigenvalue weighted by Gasteiger charge is 2.26. The van der Waals surface area contributed by atoms with Crippen LogP contribution in [0.5, 0.6) is 23.0 Å². The van der Waals surface area contributed by atoms with Crippen molar-refractivity contribution in [3.8, 4) is 23.0 Å². The molecule has 1 aliphatic rings. The van der Waals surface area contributed by atoms with Crippen LogP contribution in [0.1, 0.15) is 61.3 Å². The molecule has 0 bridgehead atoms. The van der Waals surface area contributed by atoms with Crippen LogP contribution in [0.15, 0.2) is 54.6 Å². The maximum Gasteiger partial charge on any atom is 0.162 e. The van der Waals surface area contributed by atoms with Gasteiger partial charge in [0.1, 0.15) is 18.1 Å². The van der Waals surface area contributed by atoms with E-state index in [0.717, 1.165) is 62.7 Å². The lowest BCUT2D eigenvalue weighted by Gasteiger charge is -2.32. The van der Waals surface area contributed by atoms with E-state index < -0.39 is 0 Å². The molecule has 216 valence electrons. The van der Waals surface area contributed by atoms with Crippen molar-refractivity contribution in [3.63, 3.8) is 0 Å². The first-order valence-electron chi connectivity index (χ1n) is 14.7. The van der Waals surface area contributed by atoms with Crippen LogP contribution in [0.2, 0.25) is 0 Å². The summed E-state index contributed by atoms with van der Waals surface area (Å²) in [6.07, 6.45) is 5.35. The molecular weight excluding hydrogens is 500 g/mol. The lowest BCUT2D eigenvalue weighted by atomic mass is 9.79. The first-order chi connectivity index (χ1) is 19.4. The van der Waals surface area contributed by atoms with Crippen molar-refractivity contribution >= 4 is 5.69 Å². The zero-order valence-corrected chi connectivity index (χ0v) is 24.9. The van der Waals surface area contributed by atoms with Crippen molar-refractivity contribution in [1.29, 1.82) is 0 Å². The molecule has 0 heterocycles. The smallest absolute Gasteiger partial charge is 0.162 e. The second kappa shape index (κ2) is 14.3. The molecule has 0 spiro atoms. The first-order valence-corrected chi connectivity index (χ1v) is 14.7. The molecule has 1 atom stereocenters. The number of phenolic OH excluding ortho intramolecular Hbond substituents is 1. The molecule has 3 aromatic rings. The largest absolute Gasteiger partial charge is 0.508 e. The summed E-state index contributed by atoms with van der Waals surface area (Å²) in [5.74, 6) is 3.11. The van der Waals surface area contributed by atoms with Gasteiger partial charge in [0.05, 0.1) is 14.2 Å². The number of rotatable bonds is 14. The van der Waals surface area contributed by atoms with Crippen molar-refractivity contribution in [1.82, 2.24) is 4.90 Å². The van der Waals surface area contributed by atoms with E-state index in [0.29, 0.717) is 18.3 Å². The number of likely N-dealkylation sites (N-methyl/N-ethyl adjacent to an activating group) is 1. The SMILES string of the molecule is CCCCN(C)CCOc1ccc(CN(CC)c2cc(OC)c(OC)cc2C2CCc3cc(O)ccc3C2)cc1. The summed E-state index contributed by atoms with van der Waals surface area (Å²) in [5, 5.41) is 9.95. The molecule has 1 aliphatic carbocycles. The minimum absolute atomic E-state index is 0.344. The molecule has 0 aliphatic heterocycles. The molecule has 40 heavy (non-hydrogen) atoms. The second-order valence-electron chi connectivity index (χ2n) is 10.8. The maximum atomic E-state index is 9.95. The second-order valence-corrected chi connectivity index (χ2v) is 10.8. The predicted molar refractivity (Wildman–Crippen MR) is 163 cm³/mol. The van der Waals surface area contributed by atoms with E-state index in [1.807, 2.05) is 6.07 Å². The average molecular weight is 547 g/mol. The molecular formula is C34H46N2O4. The van der Waals surface area contributed by atoms with Gasteiger partial charge < -0.3 is 29.1 Å². The predicted octanol–water partition coefficient (Wildman–Crippen LogP) is 6.82. The van der Waals surface area contributed by atoms with Gasteiger partial charge in [-0.05, 0) is 105 Å². The highest BCUT2D eigenvalue weighted by atomic mass is 16.5. The van der Waals surface area contributed by atoms with Gasteiger partial charge in [-0.15, -0.1) is 0 Å². The molecule has 1 N–H and O–H groups in total. The molecule has 6 heteroatoms. The number of aryl methyl sites for hydroxylation is 1. The number of aromatic hydroxyl groups is 1. The topological polar surface area (TPSA) is 54.4 Å². The standard InChI is InChI=1S/C34H46N2O4/c1-6-8-17-35(3)18-19-40-30-15-9-25(10-16-30)24-36(7-2)32-23-34(39-5)33(38-4)22-31(32)28-12-11-27-21-29(37)14-13-26(27)20-28/h9-10,13-16,21-23,28,37H,6-8,11-12,17-20,24H2,1-5H3. The van der Waals surface area contributed by atoms with Gasteiger partial charge in [-0.2, -0.15) is 0 Å². The molecule has 0 saturated carbocycles. The number of anilines is 1. The Labute approximate surface area is 240 Å². The van der Waals surface area contributed by atoms with Crippen molar-refractivity contribution in [3.05, 3.63) is 76.9 Å². The van der Waals surface area contributed by atoms with E-state index >= 15 is 0 Å². The van der Waals surface area contributed by atoms with Gasteiger partial charge in [-0.25, -0.2) is 0 Å². The summed E-state index contributed by atoms with van der Waals surface area (Å²) < 4.78 is 17.5. The fourth-order valence-corrected chi connectivity index (χ4v) is 5.63. The average Bonchev–Trinajstić information content (AvgIpc) is 2.98. The van der Waals surface area contributed by atoms with E-state index in [2.05, 4.69) is 73.2 Å². The van der Waals surface area contributed by atoms with E-state index in [1.54, 1.807) is 20.3 Å². The number of ether oxygens (including phenoxy) is 3. The third kappa shape index (κ3) is 7.42. The Morgan fingerprint density at radius 2 is 1.65 bits per heavy atom. The molecule has 0 saturated heterocycles. The van der Waals surface area contributed by atoms with E-state index in [1.165, 1.54) is 40.8 Å². The Bertz CT molecular complexity index is 1230.